The van der Waals surface area contributed by atoms with E-state index in [9.17, 15) is 0 Å². The quantitative estimate of drug-likeness (QED) is 0.308. The van der Waals surface area contributed by atoms with Gasteiger partial charge in [0.15, 0.2) is 0 Å². The van der Waals surface area contributed by atoms with Gasteiger partial charge in [-0.1, -0.05) is 78.1 Å². The molecule has 0 aliphatic carbocycles. The summed E-state index contributed by atoms with van der Waals surface area (Å²) in [5.74, 6) is 0. The molecule has 0 aromatic heterocycles. The van der Waals surface area contributed by atoms with Gasteiger partial charge in [-0.2, -0.15) is 5.26 Å². The van der Waals surface area contributed by atoms with Gasteiger partial charge in [0, 0.05) is 13.0 Å². The third-order valence-electron chi connectivity index (χ3n) is 4.20. The number of hydrogen-bond donors (Lipinski definition) is 0. The SMILES string of the molecule is CCCCCCCCN(CCC#N)CCCCCCCC.Cl. The average Bonchev–Trinajstić information content (AvgIpc) is 2.50. The van der Waals surface area contributed by atoms with Gasteiger partial charge in [0.1, 0.15) is 0 Å². The lowest BCUT2D eigenvalue weighted by atomic mass is 10.1. The van der Waals surface area contributed by atoms with Crippen molar-refractivity contribution in [2.75, 3.05) is 19.6 Å². The summed E-state index contributed by atoms with van der Waals surface area (Å²) in [6.45, 7) is 7.90. The topological polar surface area (TPSA) is 27.0 Å². The Morgan fingerprint density at radius 3 is 1.45 bits per heavy atom. The Labute approximate surface area is 146 Å². The van der Waals surface area contributed by atoms with E-state index in [1.54, 1.807) is 0 Å². The molecule has 0 aliphatic heterocycles. The Morgan fingerprint density at radius 2 is 1.05 bits per heavy atom. The molecule has 0 saturated carbocycles. The van der Waals surface area contributed by atoms with Gasteiger partial charge in [0.25, 0.3) is 0 Å². The molecule has 0 rings (SSSR count). The number of nitriles is 1. The van der Waals surface area contributed by atoms with Gasteiger partial charge < -0.3 is 4.90 Å². The first kappa shape index (κ1) is 24.0. The molecule has 0 spiro atoms. The van der Waals surface area contributed by atoms with Gasteiger partial charge in [-0.3, -0.25) is 0 Å². The number of halogens is 1. The molecule has 0 saturated heterocycles. The molecule has 22 heavy (non-hydrogen) atoms. The lowest BCUT2D eigenvalue weighted by molar-refractivity contribution is 0.265. The van der Waals surface area contributed by atoms with Crippen molar-refractivity contribution < 1.29 is 0 Å². The lowest BCUT2D eigenvalue weighted by Crippen LogP contribution is -2.27. The Morgan fingerprint density at radius 1 is 0.636 bits per heavy atom. The van der Waals surface area contributed by atoms with Gasteiger partial charge in [0.05, 0.1) is 6.07 Å². The summed E-state index contributed by atoms with van der Waals surface area (Å²) < 4.78 is 0. The highest BCUT2D eigenvalue weighted by molar-refractivity contribution is 5.85. The van der Waals surface area contributed by atoms with Crippen LogP contribution in [0.25, 0.3) is 0 Å². The molecule has 0 heterocycles. The molecule has 3 heteroatoms. The van der Waals surface area contributed by atoms with Crippen LogP contribution < -0.4 is 0 Å². The second kappa shape index (κ2) is 20.7. The summed E-state index contributed by atoms with van der Waals surface area (Å²) in [4.78, 5) is 2.52. The van der Waals surface area contributed by atoms with Gasteiger partial charge in [0.2, 0.25) is 0 Å². The van der Waals surface area contributed by atoms with E-state index in [-0.39, 0.29) is 12.4 Å². The van der Waals surface area contributed by atoms with Crippen LogP contribution in [-0.4, -0.2) is 24.5 Å². The summed E-state index contributed by atoms with van der Waals surface area (Å²) >= 11 is 0. The minimum absolute atomic E-state index is 0. The standard InChI is InChI=1S/C19H38N2.ClH/c1-3-5-7-9-11-13-17-21(19-15-16-20)18-14-12-10-8-6-4-2;/h3-15,17-19H2,1-2H3;1H. The van der Waals surface area contributed by atoms with Gasteiger partial charge >= 0.3 is 0 Å². The molecule has 0 atom stereocenters. The van der Waals surface area contributed by atoms with Crippen molar-refractivity contribution in [3.05, 3.63) is 0 Å². The maximum Gasteiger partial charge on any atom is 0.0635 e. The van der Waals surface area contributed by atoms with E-state index in [0.29, 0.717) is 6.42 Å². The number of nitrogens with zero attached hydrogens (tertiary/aromatic N) is 2. The Hall–Kier alpha value is -0.260. The fourth-order valence-corrected chi connectivity index (χ4v) is 2.78. The van der Waals surface area contributed by atoms with E-state index in [1.807, 2.05) is 0 Å². The van der Waals surface area contributed by atoms with Crippen LogP contribution in [-0.2, 0) is 0 Å². The molecular weight excluding hydrogens is 292 g/mol. The summed E-state index contributed by atoms with van der Waals surface area (Å²) in [6.07, 6.45) is 17.0. The first-order valence-electron chi connectivity index (χ1n) is 9.44. The summed E-state index contributed by atoms with van der Waals surface area (Å²) in [7, 11) is 0. The van der Waals surface area contributed by atoms with E-state index in [1.165, 1.54) is 90.1 Å². The van der Waals surface area contributed by atoms with Crippen LogP contribution in [0.5, 0.6) is 0 Å². The van der Waals surface area contributed by atoms with Crippen LogP contribution in [0.4, 0.5) is 0 Å². The van der Waals surface area contributed by atoms with Crippen LogP contribution in [0.3, 0.4) is 0 Å². The predicted octanol–water partition coefficient (Wildman–Crippen LogP) is 6.34. The number of rotatable bonds is 16. The highest BCUT2D eigenvalue weighted by Gasteiger charge is 2.04. The van der Waals surface area contributed by atoms with E-state index >= 15 is 0 Å². The van der Waals surface area contributed by atoms with Gasteiger partial charge in [-0.25, -0.2) is 0 Å². The van der Waals surface area contributed by atoms with Crippen molar-refractivity contribution in [3.63, 3.8) is 0 Å². The van der Waals surface area contributed by atoms with Crippen molar-refractivity contribution >= 4 is 12.4 Å². The summed E-state index contributed by atoms with van der Waals surface area (Å²) in [5.41, 5.74) is 0. The van der Waals surface area contributed by atoms with Crippen LogP contribution >= 0.6 is 12.4 Å². The van der Waals surface area contributed by atoms with Crippen LogP contribution in [0.15, 0.2) is 0 Å². The number of unbranched alkanes of at least 4 members (excludes halogenated alkanes) is 10. The first-order valence-corrected chi connectivity index (χ1v) is 9.44. The fraction of sp³-hybridized carbons (Fsp3) is 0.947. The second-order valence-corrected chi connectivity index (χ2v) is 6.29. The zero-order valence-corrected chi connectivity index (χ0v) is 15.9. The van der Waals surface area contributed by atoms with Crippen molar-refractivity contribution in [1.29, 1.82) is 5.26 Å². The van der Waals surface area contributed by atoms with E-state index in [0.717, 1.165) is 6.54 Å². The molecule has 0 bridgehead atoms. The molecule has 0 radical (unpaired) electrons. The molecular formula is C19H39ClN2. The van der Waals surface area contributed by atoms with Crippen molar-refractivity contribution in [3.8, 4) is 6.07 Å². The van der Waals surface area contributed by atoms with Gasteiger partial charge in [-0.15, -0.1) is 12.4 Å². The highest BCUT2D eigenvalue weighted by atomic mass is 35.5. The predicted molar refractivity (Wildman–Crippen MR) is 101 cm³/mol. The average molecular weight is 331 g/mol. The van der Waals surface area contributed by atoms with E-state index in [4.69, 9.17) is 5.26 Å². The Kier molecular flexibility index (Phi) is 22.6. The molecule has 0 N–H and O–H groups in total. The van der Waals surface area contributed by atoms with Crippen molar-refractivity contribution in [2.45, 2.75) is 97.3 Å². The third-order valence-corrected chi connectivity index (χ3v) is 4.20. The molecule has 0 amide bonds. The minimum atomic E-state index is 0. The summed E-state index contributed by atoms with van der Waals surface area (Å²) in [5, 5.41) is 8.78. The van der Waals surface area contributed by atoms with Crippen LogP contribution in [0.2, 0.25) is 0 Å². The monoisotopic (exact) mass is 330 g/mol. The number of hydrogen-bond acceptors (Lipinski definition) is 2. The minimum Gasteiger partial charge on any atom is -0.302 e. The molecule has 0 fully saturated rings. The van der Waals surface area contributed by atoms with Crippen molar-refractivity contribution in [2.24, 2.45) is 0 Å². The Bertz CT molecular complexity index is 222. The Balaban J connectivity index is 0. The van der Waals surface area contributed by atoms with E-state index < -0.39 is 0 Å². The van der Waals surface area contributed by atoms with E-state index in [2.05, 4.69) is 24.8 Å². The maximum absolute atomic E-state index is 8.78. The normalized spacial score (nSPS) is 10.5. The zero-order chi connectivity index (χ0) is 15.6. The lowest BCUT2D eigenvalue weighted by Gasteiger charge is -2.21. The molecule has 2 nitrogen and oxygen atoms in total. The fourth-order valence-electron chi connectivity index (χ4n) is 2.78. The largest absolute Gasteiger partial charge is 0.302 e. The van der Waals surface area contributed by atoms with Gasteiger partial charge in [-0.05, 0) is 25.9 Å². The maximum atomic E-state index is 8.78. The summed E-state index contributed by atoms with van der Waals surface area (Å²) in [6, 6.07) is 2.29. The molecule has 0 aromatic rings. The zero-order valence-electron chi connectivity index (χ0n) is 15.1. The molecule has 0 aromatic carbocycles. The van der Waals surface area contributed by atoms with Crippen LogP contribution in [0, 0.1) is 11.3 Å². The molecule has 0 unspecified atom stereocenters. The first-order chi connectivity index (χ1) is 10.3. The molecule has 0 aliphatic rings. The van der Waals surface area contributed by atoms with Crippen LogP contribution in [0.1, 0.15) is 97.3 Å². The highest BCUT2D eigenvalue weighted by Crippen LogP contribution is 2.09. The van der Waals surface area contributed by atoms with Crippen molar-refractivity contribution in [1.82, 2.24) is 4.90 Å². The third kappa shape index (κ3) is 17.8. The second-order valence-electron chi connectivity index (χ2n) is 6.29. The smallest absolute Gasteiger partial charge is 0.0635 e. The molecule has 132 valence electrons.